The molecule has 0 fully saturated rings. The van der Waals surface area contributed by atoms with Crippen LogP contribution in [0.5, 0.6) is 11.5 Å². The topological polar surface area (TPSA) is 161 Å². The Morgan fingerprint density at radius 2 is 1.57 bits per heavy atom. The zero-order valence-electron chi connectivity index (χ0n) is 25.0. The molecule has 2 aliphatic rings. The highest BCUT2D eigenvalue weighted by Crippen LogP contribution is 2.56. The minimum Gasteiger partial charge on any atom is -0.456 e. The van der Waals surface area contributed by atoms with E-state index in [9.17, 15) is 19.2 Å². The van der Waals surface area contributed by atoms with Gasteiger partial charge in [0.1, 0.15) is 17.5 Å². The Balaban J connectivity index is 1.29. The van der Waals surface area contributed by atoms with Crippen LogP contribution in [0.4, 0.5) is 11.4 Å². The molecule has 0 radical (unpaired) electrons. The number of fused-ring (bicyclic) bond motifs is 6. The molecule has 2 heterocycles. The van der Waals surface area contributed by atoms with Crippen LogP contribution >= 0.6 is 0 Å². The lowest BCUT2D eigenvalue weighted by molar-refractivity contribution is -0.130. The summed E-state index contributed by atoms with van der Waals surface area (Å²) in [5.74, 6) is -0.527. The molecule has 2 aliphatic heterocycles. The Kier molecular flexibility index (Phi) is 8.86. The zero-order valence-corrected chi connectivity index (χ0v) is 25.0. The van der Waals surface area contributed by atoms with Gasteiger partial charge in [0.2, 0.25) is 23.6 Å². The van der Waals surface area contributed by atoms with E-state index in [2.05, 4.69) is 21.3 Å². The SMILES string of the molecule is CCC(=O)NCC(=O)N[C@@H](CC(C)C)C(=O)NCC(=O)Nc1ccc2c(c1)Oc1cc(N)ccc1C21OCc2ccccc21. The van der Waals surface area contributed by atoms with Crippen LogP contribution in [0.3, 0.4) is 0 Å². The van der Waals surface area contributed by atoms with Crippen molar-refractivity contribution in [2.45, 2.75) is 51.9 Å². The smallest absolute Gasteiger partial charge is 0.243 e. The first-order valence-corrected chi connectivity index (χ1v) is 14.7. The van der Waals surface area contributed by atoms with Gasteiger partial charge in [0.25, 0.3) is 0 Å². The van der Waals surface area contributed by atoms with E-state index in [1.165, 1.54) is 0 Å². The fraction of sp³-hybridized carbons (Fsp3) is 0.333. The van der Waals surface area contributed by atoms with Gasteiger partial charge in [-0.25, -0.2) is 0 Å². The second kappa shape index (κ2) is 12.8. The predicted octanol–water partition coefficient (Wildman–Crippen LogP) is 3.31. The van der Waals surface area contributed by atoms with E-state index in [4.69, 9.17) is 15.2 Å². The van der Waals surface area contributed by atoms with E-state index < -0.39 is 29.4 Å². The highest BCUT2D eigenvalue weighted by atomic mass is 16.5. The summed E-state index contributed by atoms with van der Waals surface area (Å²) in [6.07, 6.45) is 0.612. The average Bonchev–Trinajstić information content (AvgIpc) is 3.37. The van der Waals surface area contributed by atoms with Gasteiger partial charge in [-0.1, -0.05) is 45.0 Å². The molecular weight excluding hydrogens is 562 g/mol. The Morgan fingerprint density at radius 3 is 2.32 bits per heavy atom. The number of ether oxygens (including phenoxy) is 2. The summed E-state index contributed by atoms with van der Waals surface area (Å²) in [6.45, 7) is 5.41. The molecule has 11 heteroatoms. The van der Waals surface area contributed by atoms with E-state index in [0.717, 1.165) is 22.3 Å². The molecule has 4 amide bonds. The van der Waals surface area contributed by atoms with Crippen LogP contribution < -0.4 is 31.7 Å². The van der Waals surface area contributed by atoms with Crippen LogP contribution in [-0.2, 0) is 36.1 Å². The number of benzene rings is 3. The largest absolute Gasteiger partial charge is 0.456 e. The Hall–Kier alpha value is -4.90. The minimum atomic E-state index is -0.890. The third-order valence-corrected chi connectivity index (χ3v) is 7.64. The molecule has 3 aromatic rings. The van der Waals surface area contributed by atoms with Crippen LogP contribution in [0.1, 0.15) is 55.9 Å². The van der Waals surface area contributed by atoms with E-state index >= 15 is 0 Å². The first-order valence-electron chi connectivity index (χ1n) is 14.7. The highest BCUT2D eigenvalue weighted by Gasteiger charge is 2.49. The predicted molar refractivity (Wildman–Crippen MR) is 165 cm³/mol. The van der Waals surface area contributed by atoms with Crippen LogP contribution in [0.15, 0.2) is 60.7 Å². The maximum Gasteiger partial charge on any atom is 0.243 e. The first kappa shape index (κ1) is 30.6. The highest BCUT2D eigenvalue weighted by molar-refractivity contribution is 5.96. The van der Waals surface area contributed by atoms with Crippen molar-refractivity contribution in [3.63, 3.8) is 0 Å². The maximum absolute atomic E-state index is 12.9. The van der Waals surface area contributed by atoms with Gasteiger partial charge in [-0.15, -0.1) is 0 Å². The summed E-state index contributed by atoms with van der Waals surface area (Å²) in [4.78, 5) is 49.6. The van der Waals surface area contributed by atoms with Crippen molar-refractivity contribution in [2.75, 3.05) is 24.1 Å². The monoisotopic (exact) mass is 599 g/mol. The second-order valence-electron chi connectivity index (χ2n) is 11.3. The molecule has 0 saturated carbocycles. The summed E-state index contributed by atoms with van der Waals surface area (Å²) in [5.41, 5.74) is 9.96. The molecule has 6 N–H and O–H groups in total. The van der Waals surface area contributed by atoms with Crippen LogP contribution in [0, 0.1) is 5.92 Å². The van der Waals surface area contributed by atoms with Crippen molar-refractivity contribution >= 4 is 35.0 Å². The Bertz CT molecular complexity index is 1610. The Labute approximate surface area is 255 Å². The lowest BCUT2D eigenvalue weighted by atomic mass is 9.77. The van der Waals surface area contributed by atoms with Gasteiger partial charge in [-0.05, 0) is 47.7 Å². The molecule has 0 aliphatic carbocycles. The van der Waals surface area contributed by atoms with Gasteiger partial charge in [0.15, 0.2) is 5.60 Å². The average molecular weight is 600 g/mol. The van der Waals surface area contributed by atoms with Crippen molar-refractivity contribution in [3.8, 4) is 11.5 Å². The summed E-state index contributed by atoms with van der Waals surface area (Å²) in [5, 5.41) is 10.5. The van der Waals surface area contributed by atoms with Gasteiger partial charge in [-0.2, -0.15) is 0 Å². The molecule has 11 nitrogen and oxygen atoms in total. The molecule has 0 saturated heterocycles. The number of carbonyl (C=O) groups is 4. The van der Waals surface area contributed by atoms with Gasteiger partial charge in [-0.3, -0.25) is 19.2 Å². The van der Waals surface area contributed by atoms with Crippen molar-refractivity contribution in [2.24, 2.45) is 5.92 Å². The molecule has 5 rings (SSSR count). The van der Waals surface area contributed by atoms with Crippen molar-refractivity contribution in [3.05, 3.63) is 82.9 Å². The maximum atomic E-state index is 12.9. The van der Waals surface area contributed by atoms with E-state index in [0.29, 0.717) is 35.9 Å². The van der Waals surface area contributed by atoms with E-state index in [1.54, 1.807) is 25.1 Å². The third-order valence-electron chi connectivity index (χ3n) is 7.64. The number of anilines is 2. The molecule has 3 aromatic carbocycles. The first-order chi connectivity index (χ1) is 21.1. The van der Waals surface area contributed by atoms with Gasteiger partial charge in [0.05, 0.1) is 19.7 Å². The van der Waals surface area contributed by atoms with E-state index in [-0.39, 0.29) is 31.3 Å². The normalized spacial score (nSPS) is 16.6. The molecule has 1 unspecified atom stereocenters. The molecule has 2 atom stereocenters. The standard InChI is InChI=1S/C33H37N5O6/c1-4-29(39)35-16-31(41)38-26(13-19(2)3)32(42)36-17-30(40)37-22-10-12-25-28(15-22)44-27-14-21(34)9-11-24(27)33(25)23-8-6-5-7-20(23)18-43-33/h5-12,14-15,19,26H,4,13,16-18,34H2,1-3H3,(H,35,39)(H,36,42)(H,37,40)(H,38,41)/t26-,33?/m0/s1. The van der Waals surface area contributed by atoms with E-state index in [1.807, 2.05) is 56.3 Å². The third kappa shape index (κ3) is 6.23. The summed E-state index contributed by atoms with van der Waals surface area (Å²) >= 11 is 0. The fourth-order valence-electron chi connectivity index (χ4n) is 5.60. The Morgan fingerprint density at radius 1 is 0.864 bits per heavy atom. The summed E-state index contributed by atoms with van der Waals surface area (Å²) in [7, 11) is 0. The van der Waals surface area contributed by atoms with Crippen LogP contribution in [0.25, 0.3) is 0 Å². The lowest BCUT2D eigenvalue weighted by Crippen LogP contribution is -2.51. The van der Waals surface area contributed by atoms with Gasteiger partial charge >= 0.3 is 0 Å². The van der Waals surface area contributed by atoms with Crippen molar-refractivity contribution in [1.29, 1.82) is 0 Å². The minimum absolute atomic E-state index is 0.0974. The molecular formula is C33H37N5O6. The molecule has 1 spiro atoms. The van der Waals surface area contributed by atoms with Gasteiger partial charge < -0.3 is 36.5 Å². The lowest BCUT2D eigenvalue weighted by Gasteiger charge is -2.37. The molecule has 44 heavy (non-hydrogen) atoms. The zero-order chi connectivity index (χ0) is 31.4. The number of hydrogen-bond acceptors (Lipinski definition) is 7. The van der Waals surface area contributed by atoms with Crippen molar-refractivity contribution in [1.82, 2.24) is 16.0 Å². The number of nitrogens with one attached hydrogen (secondary N) is 4. The fourth-order valence-corrected chi connectivity index (χ4v) is 5.60. The summed E-state index contributed by atoms with van der Waals surface area (Å²) < 4.78 is 12.8. The van der Waals surface area contributed by atoms with Crippen molar-refractivity contribution < 1.29 is 28.7 Å². The summed E-state index contributed by atoms with van der Waals surface area (Å²) in [6, 6.07) is 18.1. The number of nitrogens with two attached hydrogens (primary N) is 1. The number of carbonyl (C=O) groups excluding carboxylic acids is 4. The number of rotatable bonds is 10. The van der Waals surface area contributed by atoms with Crippen LogP contribution in [0.2, 0.25) is 0 Å². The number of hydrogen-bond donors (Lipinski definition) is 5. The number of amides is 4. The number of nitrogen functional groups attached to an aromatic ring is 1. The molecule has 0 bridgehead atoms. The second-order valence-corrected chi connectivity index (χ2v) is 11.3. The van der Waals surface area contributed by atoms with Gasteiger partial charge in [0, 0.05) is 41.1 Å². The van der Waals surface area contributed by atoms with Crippen LogP contribution in [-0.4, -0.2) is 42.8 Å². The molecule has 230 valence electrons. The quantitative estimate of drug-likeness (QED) is 0.224. The molecule has 0 aromatic heterocycles.